The Balaban J connectivity index is 2.25. The van der Waals surface area contributed by atoms with E-state index < -0.39 is 0 Å². The molecule has 0 radical (unpaired) electrons. The fraction of sp³-hybridized carbons (Fsp3) is 0.188. The van der Waals surface area contributed by atoms with Crippen molar-refractivity contribution in [3.63, 3.8) is 0 Å². The van der Waals surface area contributed by atoms with Gasteiger partial charge in [0.15, 0.2) is 5.78 Å². The zero-order valence-corrected chi connectivity index (χ0v) is 12.7. The second-order valence-corrected chi connectivity index (χ2v) is 5.60. The van der Waals surface area contributed by atoms with Crippen molar-refractivity contribution < 1.29 is 4.79 Å². The number of hydrogen-bond donors (Lipinski definition) is 0. The van der Waals surface area contributed by atoms with E-state index in [-0.39, 0.29) is 5.78 Å². The van der Waals surface area contributed by atoms with Crippen molar-refractivity contribution in [1.29, 1.82) is 0 Å². The van der Waals surface area contributed by atoms with Crippen LogP contribution in [0.2, 0.25) is 0 Å². The van der Waals surface area contributed by atoms with Crippen molar-refractivity contribution in [3.05, 3.63) is 68.3 Å². The Labute approximate surface area is 121 Å². The molecular formula is C16H15IO. The molecule has 0 saturated carbocycles. The third-order valence-corrected chi connectivity index (χ3v) is 4.37. The minimum Gasteiger partial charge on any atom is -0.294 e. The number of rotatable bonds is 3. The lowest BCUT2D eigenvalue weighted by atomic mass is 10.0. The predicted molar refractivity (Wildman–Crippen MR) is 83.1 cm³/mol. The molecule has 18 heavy (non-hydrogen) atoms. The van der Waals surface area contributed by atoms with Crippen LogP contribution in [-0.2, 0) is 6.42 Å². The van der Waals surface area contributed by atoms with Crippen LogP contribution in [0.25, 0.3) is 0 Å². The third-order valence-electron chi connectivity index (χ3n) is 2.94. The molecule has 0 fully saturated rings. The van der Waals surface area contributed by atoms with Gasteiger partial charge in [-0.1, -0.05) is 48.0 Å². The third kappa shape index (κ3) is 2.99. The highest BCUT2D eigenvalue weighted by atomic mass is 127. The van der Waals surface area contributed by atoms with Crippen molar-refractivity contribution in [2.24, 2.45) is 0 Å². The maximum atomic E-state index is 12.3. The van der Waals surface area contributed by atoms with E-state index >= 15 is 0 Å². The Morgan fingerprint density at radius 3 is 2.56 bits per heavy atom. The lowest BCUT2D eigenvalue weighted by Gasteiger charge is -2.07. The predicted octanol–water partition coefficient (Wildman–Crippen LogP) is 4.33. The normalized spacial score (nSPS) is 10.4. The minimum atomic E-state index is 0.189. The van der Waals surface area contributed by atoms with Gasteiger partial charge in [-0.3, -0.25) is 4.79 Å². The number of hydrogen-bond acceptors (Lipinski definition) is 1. The lowest BCUT2D eigenvalue weighted by molar-refractivity contribution is 0.0992. The molecule has 0 N–H and O–H groups in total. The van der Waals surface area contributed by atoms with E-state index in [0.29, 0.717) is 6.42 Å². The van der Waals surface area contributed by atoms with Crippen molar-refractivity contribution in [1.82, 2.24) is 0 Å². The van der Waals surface area contributed by atoms with Crippen LogP contribution in [0.1, 0.15) is 27.0 Å². The van der Waals surface area contributed by atoms with Crippen LogP contribution in [0, 0.1) is 17.4 Å². The monoisotopic (exact) mass is 350 g/mol. The summed E-state index contributed by atoms with van der Waals surface area (Å²) in [5, 5.41) is 0. The molecule has 0 amide bonds. The number of aryl methyl sites for hydroxylation is 2. The smallest absolute Gasteiger partial charge is 0.168 e. The highest BCUT2D eigenvalue weighted by molar-refractivity contribution is 14.1. The largest absolute Gasteiger partial charge is 0.294 e. The van der Waals surface area contributed by atoms with Gasteiger partial charge in [-0.15, -0.1) is 0 Å². The molecule has 0 spiro atoms. The van der Waals surface area contributed by atoms with Crippen LogP contribution < -0.4 is 0 Å². The summed E-state index contributed by atoms with van der Waals surface area (Å²) in [7, 11) is 0. The van der Waals surface area contributed by atoms with Crippen molar-refractivity contribution in [3.8, 4) is 0 Å². The molecule has 2 aromatic rings. The van der Waals surface area contributed by atoms with Gasteiger partial charge >= 0.3 is 0 Å². The second kappa shape index (κ2) is 5.65. The van der Waals surface area contributed by atoms with Gasteiger partial charge in [0.25, 0.3) is 0 Å². The Bertz CT molecular complexity index is 587. The fourth-order valence-corrected chi connectivity index (χ4v) is 2.63. The van der Waals surface area contributed by atoms with E-state index in [1.807, 2.05) is 50.2 Å². The van der Waals surface area contributed by atoms with Crippen LogP contribution in [0.4, 0.5) is 0 Å². The van der Waals surface area contributed by atoms with Gasteiger partial charge in [-0.25, -0.2) is 0 Å². The zero-order valence-electron chi connectivity index (χ0n) is 10.5. The van der Waals surface area contributed by atoms with Gasteiger partial charge in [0, 0.05) is 15.6 Å². The van der Waals surface area contributed by atoms with Crippen LogP contribution in [-0.4, -0.2) is 5.78 Å². The van der Waals surface area contributed by atoms with Crippen molar-refractivity contribution in [2.75, 3.05) is 0 Å². The quantitative estimate of drug-likeness (QED) is 0.595. The van der Waals surface area contributed by atoms with Crippen molar-refractivity contribution in [2.45, 2.75) is 20.3 Å². The molecule has 0 atom stereocenters. The molecule has 0 saturated heterocycles. The number of halogens is 1. The maximum Gasteiger partial charge on any atom is 0.168 e. The zero-order chi connectivity index (χ0) is 13.1. The summed E-state index contributed by atoms with van der Waals surface area (Å²) in [5.41, 5.74) is 4.26. The molecule has 92 valence electrons. The molecule has 0 heterocycles. The van der Waals surface area contributed by atoms with E-state index in [4.69, 9.17) is 0 Å². The summed E-state index contributed by atoms with van der Waals surface area (Å²) in [6.45, 7) is 4.08. The number of carbonyl (C=O) groups is 1. The summed E-state index contributed by atoms with van der Waals surface area (Å²) < 4.78 is 1.06. The molecule has 2 heteroatoms. The first-order valence-corrected chi connectivity index (χ1v) is 6.99. The number of Topliss-reactive ketones (excluding diaryl/α,β-unsaturated/α-hetero) is 1. The van der Waals surface area contributed by atoms with Gasteiger partial charge in [0.2, 0.25) is 0 Å². The highest BCUT2D eigenvalue weighted by Gasteiger charge is 2.11. The molecule has 0 unspecified atom stereocenters. The van der Waals surface area contributed by atoms with E-state index in [9.17, 15) is 4.79 Å². The van der Waals surface area contributed by atoms with Crippen molar-refractivity contribution >= 4 is 28.4 Å². The standard InChI is InChI=1S/C16H15IO/c1-11-5-3-7-13(9-11)10-15(18)14-8-4-6-12(2)16(14)17/h3-9H,10H2,1-2H3. The Hall–Kier alpha value is -1.16. The summed E-state index contributed by atoms with van der Waals surface area (Å²) in [4.78, 5) is 12.3. The highest BCUT2D eigenvalue weighted by Crippen LogP contribution is 2.19. The summed E-state index contributed by atoms with van der Waals surface area (Å²) >= 11 is 2.25. The molecule has 2 rings (SSSR count). The Morgan fingerprint density at radius 2 is 1.83 bits per heavy atom. The topological polar surface area (TPSA) is 17.1 Å². The summed E-state index contributed by atoms with van der Waals surface area (Å²) in [5.74, 6) is 0.189. The number of benzene rings is 2. The molecule has 2 aromatic carbocycles. The number of carbonyl (C=O) groups excluding carboxylic acids is 1. The van der Waals surface area contributed by atoms with E-state index in [1.54, 1.807) is 0 Å². The lowest BCUT2D eigenvalue weighted by Crippen LogP contribution is -2.06. The Morgan fingerprint density at radius 1 is 1.11 bits per heavy atom. The molecule has 0 aliphatic carbocycles. The van der Waals surface area contributed by atoms with E-state index in [2.05, 4.69) is 28.7 Å². The summed E-state index contributed by atoms with van der Waals surface area (Å²) in [6, 6.07) is 14.0. The van der Waals surface area contributed by atoms with E-state index in [1.165, 1.54) is 5.56 Å². The van der Waals surface area contributed by atoms with Gasteiger partial charge in [-0.2, -0.15) is 0 Å². The van der Waals surface area contributed by atoms with Gasteiger partial charge in [0.05, 0.1) is 0 Å². The maximum absolute atomic E-state index is 12.3. The molecule has 0 bridgehead atoms. The first-order chi connectivity index (χ1) is 8.58. The molecule has 0 aromatic heterocycles. The van der Waals surface area contributed by atoms with Gasteiger partial charge < -0.3 is 0 Å². The van der Waals surface area contributed by atoms with Crippen LogP contribution in [0.3, 0.4) is 0 Å². The number of ketones is 1. The second-order valence-electron chi connectivity index (χ2n) is 4.53. The van der Waals surface area contributed by atoms with Crippen LogP contribution >= 0.6 is 22.6 Å². The van der Waals surface area contributed by atoms with Gasteiger partial charge in [-0.05, 0) is 47.6 Å². The first-order valence-electron chi connectivity index (χ1n) is 5.92. The average Bonchev–Trinajstić information content (AvgIpc) is 2.32. The van der Waals surface area contributed by atoms with Crippen LogP contribution in [0.15, 0.2) is 42.5 Å². The molecule has 0 aliphatic rings. The van der Waals surface area contributed by atoms with Gasteiger partial charge in [0.1, 0.15) is 0 Å². The fourth-order valence-electron chi connectivity index (χ4n) is 1.97. The molecule has 0 aliphatic heterocycles. The minimum absolute atomic E-state index is 0.189. The van der Waals surface area contributed by atoms with Crippen LogP contribution in [0.5, 0.6) is 0 Å². The summed E-state index contributed by atoms with van der Waals surface area (Å²) in [6.07, 6.45) is 0.473. The molecule has 1 nitrogen and oxygen atoms in total. The SMILES string of the molecule is Cc1cccc(CC(=O)c2cccc(C)c2I)c1. The average molecular weight is 350 g/mol. The van der Waals surface area contributed by atoms with E-state index in [0.717, 1.165) is 20.3 Å². The molecular weight excluding hydrogens is 335 g/mol. The first kappa shape index (κ1) is 13.3. The Kier molecular flexibility index (Phi) is 4.17.